The summed E-state index contributed by atoms with van der Waals surface area (Å²) in [5.41, 5.74) is 2.90. The van der Waals surface area contributed by atoms with Crippen LogP contribution in [0.15, 0.2) is 36.4 Å². The van der Waals surface area contributed by atoms with E-state index in [9.17, 15) is 13.2 Å². The van der Waals surface area contributed by atoms with Crippen molar-refractivity contribution < 1.29 is 22.7 Å². The fraction of sp³-hybridized carbons (Fsp3) is 0.435. The zero-order valence-corrected chi connectivity index (χ0v) is 19.1. The van der Waals surface area contributed by atoms with E-state index in [0.717, 1.165) is 23.3 Å². The number of nitrogens with one attached hydrogen (secondary N) is 1. The Morgan fingerprint density at radius 3 is 2.77 bits per heavy atom. The van der Waals surface area contributed by atoms with Gasteiger partial charge in [-0.2, -0.15) is 0 Å². The first-order chi connectivity index (χ1) is 14.5. The summed E-state index contributed by atoms with van der Waals surface area (Å²) < 4.78 is 37.4. The number of ether oxygens (including phenoxy) is 2. The highest BCUT2D eigenvalue weighted by Gasteiger charge is 2.33. The van der Waals surface area contributed by atoms with Gasteiger partial charge in [-0.15, -0.1) is 0 Å². The lowest BCUT2D eigenvalue weighted by Crippen LogP contribution is -2.34. The molecule has 0 fully saturated rings. The third-order valence-electron chi connectivity index (χ3n) is 5.55. The first-order valence-corrected chi connectivity index (χ1v) is 12.2. The monoisotopic (exact) mass is 444 g/mol. The summed E-state index contributed by atoms with van der Waals surface area (Å²) in [4.78, 5) is 12.6. The van der Waals surface area contributed by atoms with Gasteiger partial charge in [-0.05, 0) is 57.0 Å². The number of carbonyl (C=O) groups is 1. The SMILES string of the molecule is CC1Cc2cc(C(=O)NCCOc3cccc4c3OC(C)(C)C4)ccc2N1S(C)(=O)=O. The molecule has 1 atom stereocenters. The van der Waals surface area contributed by atoms with Gasteiger partial charge in [-0.3, -0.25) is 9.10 Å². The molecule has 2 aliphatic heterocycles. The number of amides is 1. The minimum absolute atomic E-state index is 0.156. The molecule has 7 nitrogen and oxygen atoms in total. The molecule has 0 saturated carbocycles. The Balaban J connectivity index is 1.35. The number of hydrogen-bond acceptors (Lipinski definition) is 5. The molecule has 0 spiro atoms. The van der Waals surface area contributed by atoms with Gasteiger partial charge in [-0.1, -0.05) is 12.1 Å². The van der Waals surface area contributed by atoms with Crippen LogP contribution in [0.4, 0.5) is 5.69 Å². The van der Waals surface area contributed by atoms with Crippen molar-refractivity contribution in [2.45, 2.75) is 45.3 Å². The van der Waals surface area contributed by atoms with Crippen molar-refractivity contribution in [2.75, 3.05) is 23.7 Å². The average molecular weight is 445 g/mol. The molecule has 0 aliphatic carbocycles. The Kier molecular flexibility index (Phi) is 5.37. The molecular formula is C23H28N2O5S. The first-order valence-electron chi connectivity index (χ1n) is 10.4. The number of fused-ring (bicyclic) bond motifs is 2. The molecule has 2 aromatic rings. The summed E-state index contributed by atoms with van der Waals surface area (Å²) in [6, 6.07) is 10.8. The van der Waals surface area contributed by atoms with E-state index in [1.165, 1.54) is 10.6 Å². The second-order valence-electron chi connectivity index (χ2n) is 8.84. The van der Waals surface area contributed by atoms with E-state index >= 15 is 0 Å². The number of rotatable bonds is 6. The lowest BCUT2D eigenvalue weighted by Gasteiger charge is -2.21. The summed E-state index contributed by atoms with van der Waals surface area (Å²) in [5, 5.41) is 2.86. The van der Waals surface area contributed by atoms with Gasteiger partial charge in [-0.25, -0.2) is 8.42 Å². The molecule has 2 aliphatic rings. The second-order valence-corrected chi connectivity index (χ2v) is 10.7. The van der Waals surface area contributed by atoms with Crippen molar-refractivity contribution in [3.8, 4) is 11.5 Å². The number of sulfonamides is 1. The molecule has 31 heavy (non-hydrogen) atoms. The van der Waals surface area contributed by atoms with Crippen LogP contribution in [0.5, 0.6) is 11.5 Å². The Labute approximate surface area is 183 Å². The number of benzene rings is 2. The summed E-state index contributed by atoms with van der Waals surface area (Å²) in [7, 11) is -3.35. The van der Waals surface area contributed by atoms with Crippen molar-refractivity contribution in [1.29, 1.82) is 0 Å². The van der Waals surface area contributed by atoms with Gasteiger partial charge in [0.05, 0.1) is 18.5 Å². The van der Waals surface area contributed by atoms with Crippen LogP contribution < -0.4 is 19.1 Å². The molecular weight excluding hydrogens is 416 g/mol. The molecule has 0 aromatic heterocycles. The van der Waals surface area contributed by atoms with Gasteiger partial charge in [0.25, 0.3) is 5.91 Å². The summed E-state index contributed by atoms with van der Waals surface area (Å²) >= 11 is 0. The van der Waals surface area contributed by atoms with E-state index in [1.807, 2.05) is 39.0 Å². The highest BCUT2D eigenvalue weighted by Crippen LogP contribution is 2.41. The minimum atomic E-state index is -3.35. The Hall–Kier alpha value is -2.74. The van der Waals surface area contributed by atoms with Gasteiger partial charge in [0, 0.05) is 23.6 Å². The molecule has 1 unspecified atom stereocenters. The first kappa shape index (κ1) is 21.5. The predicted octanol–water partition coefficient (Wildman–Crippen LogP) is 2.92. The summed E-state index contributed by atoms with van der Waals surface area (Å²) in [6.07, 6.45) is 2.62. The van der Waals surface area contributed by atoms with Crippen LogP contribution in [0.25, 0.3) is 0 Å². The van der Waals surface area contributed by atoms with E-state index < -0.39 is 10.0 Å². The van der Waals surface area contributed by atoms with Crippen LogP contribution in [0.3, 0.4) is 0 Å². The Morgan fingerprint density at radius 1 is 1.26 bits per heavy atom. The van der Waals surface area contributed by atoms with E-state index in [0.29, 0.717) is 36.6 Å². The minimum Gasteiger partial charge on any atom is -0.488 e. The fourth-order valence-corrected chi connectivity index (χ4v) is 5.64. The summed E-state index contributed by atoms with van der Waals surface area (Å²) in [5.74, 6) is 1.25. The highest BCUT2D eigenvalue weighted by molar-refractivity contribution is 7.92. The molecule has 166 valence electrons. The number of nitrogens with zero attached hydrogens (tertiary/aromatic N) is 1. The van der Waals surface area contributed by atoms with E-state index in [2.05, 4.69) is 5.32 Å². The molecule has 0 radical (unpaired) electrons. The fourth-order valence-electron chi connectivity index (χ4n) is 4.38. The maximum absolute atomic E-state index is 12.6. The quantitative estimate of drug-likeness (QED) is 0.693. The van der Waals surface area contributed by atoms with Crippen molar-refractivity contribution >= 4 is 21.6 Å². The standard InChI is InChI=1S/C23H28N2O5S/c1-15-12-18-13-16(8-9-19(18)25(15)31(4,27)28)22(26)24-10-11-29-20-7-5-6-17-14-23(2,3)30-21(17)20/h5-9,13,15H,10-12,14H2,1-4H3,(H,24,26). The van der Waals surface area contributed by atoms with Crippen molar-refractivity contribution in [3.05, 3.63) is 53.1 Å². The van der Waals surface area contributed by atoms with E-state index in [-0.39, 0.29) is 17.6 Å². The summed E-state index contributed by atoms with van der Waals surface area (Å²) in [6.45, 7) is 6.61. The van der Waals surface area contributed by atoms with Crippen LogP contribution in [-0.2, 0) is 22.9 Å². The lowest BCUT2D eigenvalue weighted by atomic mass is 10.0. The third-order valence-corrected chi connectivity index (χ3v) is 6.82. The van der Waals surface area contributed by atoms with Crippen LogP contribution in [-0.4, -0.2) is 45.4 Å². The Morgan fingerprint density at radius 2 is 2.03 bits per heavy atom. The normalized spacial score (nSPS) is 18.8. The van der Waals surface area contributed by atoms with Crippen LogP contribution in [0, 0.1) is 0 Å². The van der Waals surface area contributed by atoms with Gasteiger partial charge in [0.2, 0.25) is 10.0 Å². The highest BCUT2D eigenvalue weighted by atomic mass is 32.2. The zero-order valence-electron chi connectivity index (χ0n) is 18.3. The van der Waals surface area contributed by atoms with Crippen molar-refractivity contribution in [2.24, 2.45) is 0 Å². The van der Waals surface area contributed by atoms with Gasteiger partial charge < -0.3 is 14.8 Å². The molecule has 2 aromatic carbocycles. The van der Waals surface area contributed by atoms with Crippen LogP contribution >= 0.6 is 0 Å². The average Bonchev–Trinajstić information content (AvgIpc) is 3.18. The zero-order chi connectivity index (χ0) is 22.4. The molecule has 0 bridgehead atoms. The molecule has 1 N–H and O–H groups in total. The Bertz CT molecular complexity index is 1130. The van der Waals surface area contributed by atoms with Crippen LogP contribution in [0.2, 0.25) is 0 Å². The molecule has 1 amide bonds. The maximum atomic E-state index is 12.6. The van der Waals surface area contributed by atoms with Gasteiger partial charge in [0.15, 0.2) is 11.5 Å². The van der Waals surface area contributed by atoms with Crippen molar-refractivity contribution in [3.63, 3.8) is 0 Å². The number of anilines is 1. The largest absolute Gasteiger partial charge is 0.488 e. The van der Waals surface area contributed by atoms with Crippen LogP contribution in [0.1, 0.15) is 42.3 Å². The van der Waals surface area contributed by atoms with Crippen molar-refractivity contribution in [1.82, 2.24) is 5.32 Å². The third kappa shape index (κ3) is 4.35. The lowest BCUT2D eigenvalue weighted by molar-refractivity contribution is 0.0946. The number of hydrogen-bond donors (Lipinski definition) is 1. The number of para-hydroxylation sites is 1. The maximum Gasteiger partial charge on any atom is 0.251 e. The van der Waals surface area contributed by atoms with Gasteiger partial charge >= 0.3 is 0 Å². The second kappa shape index (κ2) is 7.75. The number of carbonyl (C=O) groups excluding carboxylic acids is 1. The molecule has 0 saturated heterocycles. The smallest absolute Gasteiger partial charge is 0.251 e. The topological polar surface area (TPSA) is 84.9 Å². The molecule has 8 heteroatoms. The van der Waals surface area contributed by atoms with E-state index in [1.54, 1.807) is 18.2 Å². The predicted molar refractivity (Wildman–Crippen MR) is 120 cm³/mol. The molecule has 2 heterocycles. The van der Waals surface area contributed by atoms with E-state index in [4.69, 9.17) is 9.47 Å². The molecule has 4 rings (SSSR count). The van der Waals surface area contributed by atoms with Gasteiger partial charge in [0.1, 0.15) is 12.2 Å².